The predicted molar refractivity (Wildman–Crippen MR) is 103 cm³/mol. The highest BCUT2D eigenvalue weighted by molar-refractivity contribution is 7.89. The molecular formula is C18H21N3O7S. The van der Waals surface area contributed by atoms with Crippen molar-refractivity contribution in [3.8, 4) is 0 Å². The van der Waals surface area contributed by atoms with Gasteiger partial charge in [-0.3, -0.25) is 9.59 Å². The minimum atomic E-state index is -4.09. The number of nitrogens with zero attached hydrogens (tertiary/aromatic N) is 1. The van der Waals surface area contributed by atoms with Gasteiger partial charge in [0.1, 0.15) is 0 Å². The molecule has 1 aromatic heterocycles. The highest BCUT2D eigenvalue weighted by Crippen LogP contribution is 2.14. The Morgan fingerprint density at radius 2 is 1.83 bits per heavy atom. The summed E-state index contributed by atoms with van der Waals surface area (Å²) in [6, 6.07) is 8.44. The number of hydrogen-bond donors (Lipinski definition) is 2. The molecule has 0 radical (unpaired) electrons. The summed E-state index contributed by atoms with van der Waals surface area (Å²) >= 11 is 0. The topological polar surface area (TPSA) is 149 Å². The standard InChI is InChI=1S/C18H21N3O7S/c1-3-21(4-2)17(23)12-6-5-7-13(10-12)20-15(22)11-27-18(24)14-8-9-16(28-14)29(19,25)26/h5-10H,3-4,11H2,1-2H3,(H,20,22)(H2,19,25,26). The number of benzene rings is 1. The molecule has 0 aliphatic rings. The van der Waals surface area contributed by atoms with E-state index < -0.39 is 39.4 Å². The maximum atomic E-state index is 12.4. The van der Waals surface area contributed by atoms with Crippen molar-refractivity contribution in [1.29, 1.82) is 0 Å². The van der Waals surface area contributed by atoms with E-state index in [1.54, 1.807) is 23.1 Å². The van der Waals surface area contributed by atoms with E-state index >= 15 is 0 Å². The average molecular weight is 423 g/mol. The molecule has 1 aromatic carbocycles. The SMILES string of the molecule is CCN(CC)C(=O)c1cccc(NC(=O)COC(=O)c2ccc(S(N)(=O)=O)o2)c1. The van der Waals surface area contributed by atoms with E-state index in [4.69, 9.17) is 14.3 Å². The molecule has 0 aliphatic carbocycles. The number of furan rings is 1. The van der Waals surface area contributed by atoms with Crippen LogP contribution in [0.1, 0.15) is 34.8 Å². The van der Waals surface area contributed by atoms with Crippen molar-refractivity contribution < 1.29 is 32.0 Å². The van der Waals surface area contributed by atoms with Crippen molar-refractivity contribution in [2.24, 2.45) is 5.14 Å². The van der Waals surface area contributed by atoms with Crippen LogP contribution in [0.5, 0.6) is 0 Å². The van der Waals surface area contributed by atoms with Gasteiger partial charge in [0.2, 0.25) is 10.9 Å². The van der Waals surface area contributed by atoms with Crippen molar-refractivity contribution >= 4 is 33.5 Å². The third-order valence-electron chi connectivity index (χ3n) is 3.84. The molecule has 29 heavy (non-hydrogen) atoms. The highest BCUT2D eigenvalue weighted by Gasteiger charge is 2.19. The molecule has 2 rings (SSSR count). The molecule has 0 bridgehead atoms. The van der Waals surface area contributed by atoms with E-state index in [1.165, 1.54) is 6.07 Å². The number of hydrogen-bond acceptors (Lipinski definition) is 7. The van der Waals surface area contributed by atoms with Gasteiger partial charge >= 0.3 is 5.97 Å². The number of anilines is 1. The summed E-state index contributed by atoms with van der Waals surface area (Å²) < 4.78 is 31.8. The number of carbonyl (C=O) groups excluding carboxylic acids is 3. The van der Waals surface area contributed by atoms with Gasteiger partial charge in [0.15, 0.2) is 6.61 Å². The van der Waals surface area contributed by atoms with Gasteiger partial charge in [-0.05, 0) is 44.2 Å². The zero-order valence-electron chi connectivity index (χ0n) is 15.9. The first kappa shape index (κ1) is 22.1. The van der Waals surface area contributed by atoms with Gasteiger partial charge in [-0.1, -0.05) is 6.07 Å². The maximum Gasteiger partial charge on any atom is 0.374 e. The lowest BCUT2D eigenvalue weighted by Gasteiger charge is -2.19. The van der Waals surface area contributed by atoms with Gasteiger partial charge < -0.3 is 19.4 Å². The van der Waals surface area contributed by atoms with Gasteiger partial charge in [-0.25, -0.2) is 18.4 Å². The van der Waals surface area contributed by atoms with E-state index in [1.807, 2.05) is 13.8 Å². The predicted octanol–water partition coefficient (Wildman–Crippen LogP) is 1.20. The molecule has 156 valence electrons. The summed E-state index contributed by atoms with van der Waals surface area (Å²) in [6.45, 7) is 4.21. The second-order valence-electron chi connectivity index (χ2n) is 5.85. The fraction of sp³-hybridized carbons (Fsp3) is 0.278. The summed E-state index contributed by atoms with van der Waals surface area (Å²) in [5, 5.41) is 6.80. The third-order valence-corrected chi connectivity index (χ3v) is 4.62. The Balaban J connectivity index is 1.96. The van der Waals surface area contributed by atoms with Crippen LogP contribution in [0.2, 0.25) is 0 Å². The molecule has 0 unspecified atom stereocenters. The van der Waals surface area contributed by atoms with Crippen LogP contribution in [-0.2, 0) is 19.6 Å². The molecule has 0 fully saturated rings. The fourth-order valence-electron chi connectivity index (χ4n) is 2.41. The number of esters is 1. The van der Waals surface area contributed by atoms with E-state index in [-0.39, 0.29) is 5.91 Å². The molecule has 2 aromatic rings. The average Bonchev–Trinajstić information content (AvgIpc) is 3.18. The van der Waals surface area contributed by atoms with Crippen LogP contribution in [0.15, 0.2) is 45.9 Å². The van der Waals surface area contributed by atoms with Gasteiger partial charge in [0, 0.05) is 24.3 Å². The number of primary sulfonamides is 1. The summed E-state index contributed by atoms with van der Waals surface area (Å²) in [6.07, 6.45) is 0. The zero-order valence-corrected chi connectivity index (χ0v) is 16.7. The van der Waals surface area contributed by atoms with E-state index in [9.17, 15) is 22.8 Å². The first-order valence-electron chi connectivity index (χ1n) is 8.64. The zero-order chi connectivity index (χ0) is 21.6. The molecule has 0 spiro atoms. The summed E-state index contributed by atoms with van der Waals surface area (Å²) in [5.41, 5.74) is 0.771. The fourth-order valence-corrected chi connectivity index (χ4v) is 2.87. The third kappa shape index (κ3) is 5.90. The number of amides is 2. The lowest BCUT2D eigenvalue weighted by Crippen LogP contribution is -2.30. The molecular weight excluding hydrogens is 402 g/mol. The second kappa shape index (κ2) is 9.34. The number of sulfonamides is 1. The number of nitrogens with one attached hydrogen (secondary N) is 1. The van der Waals surface area contributed by atoms with Crippen molar-refractivity contribution in [3.05, 3.63) is 47.7 Å². The Labute approximate surface area is 167 Å². The van der Waals surface area contributed by atoms with Crippen molar-refractivity contribution in [2.75, 3.05) is 25.0 Å². The Morgan fingerprint density at radius 1 is 1.14 bits per heavy atom. The van der Waals surface area contributed by atoms with E-state index in [0.717, 1.165) is 12.1 Å². The number of ether oxygens (including phenoxy) is 1. The van der Waals surface area contributed by atoms with Crippen LogP contribution >= 0.6 is 0 Å². The normalized spacial score (nSPS) is 11.0. The Bertz CT molecular complexity index is 1010. The minimum absolute atomic E-state index is 0.166. The first-order valence-corrected chi connectivity index (χ1v) is 10.2. The number of nitrogens with two attached hydrogens (primary N) is 1. The molecule has 10 nitrogen and oxygen atoms in total. The smallest absolute Gasteiger partial charge is 0.374 e. The Morgan fingerprint density at radius 3 is 2.41 bits per heavy atom. The lowest BCUT2D eigenvalue weighted by atomic mass is 10.1. The summed E-state index contributed by atoms with van der Waals surface area (Å²) in [4.78, 5) is 37.9. The van der Waals surface area contributed by atoms with Gasteiger partial charge in [-0.2, -0.15) is 0 Å². The van der Waals surface area contributed by atoms with E-state index in [0.29, 0.717) is 24.3 Å². The number of carbonyl (C=O) groups is 3. The van der Waals surface area contributed by atoms with Crippen LogP contribution in [0, 0.1) is 0 Å². The van der Waals surface area contributed by atoms with Gasteiger partial charge in [0.25, 0.3) is 21.8 Å². The highest BCUT2D eigenvalue weighted by atomic mass is 32.2. The lowest BCUT2D eigenvalue weighted by molar-refractivity contribution is -0.119. The molecule has 0 saturated carbocycles. The molecule has 3 N–H and O–H groups in total. The Hall–Kier alpha value is -3.18. The minimum Gasteiger partial charge on any atom is -0.450 e. The van der Waals surface area contributed by atoms with Crippen LogP contribution in [0.25, 0.3) is 0 Å². The van der Waals surface area contributed by atoms with Crippen LogP contribution < -0.4 is 10.5 Å². The van der Waals surface area contributed by atoms with Gasteiger partial charge in [0.05, 0.1) is 0 Å². The number of rotatable bonds is 8. The first-order chi connectivity index (χ1) is 13.7. The second-order valence-corrected chi connectivity index (χ2v) is 7.34. The van der Waals surface area contributed by atoms with Crippen LogP contribution in [0.4, 0.5) is 5.69 Å². The molecule has 2 amide bonds. The molecule has 0 saturated heterocycles. The van der Waals surface area contributed by atoms with E-state index in [2.05, 4.69) is 5.32 Å². The molecule has 1 heterocycles. The van der Waals surface area contributed by atoms with Gasteiger partial charge in [-0.15, -0.1) is 0 Å². The Kier molecular flexibility index (Phi) is 7.13. The van der Waals surface area contributed by atoms with Crippen molar-refractivity contribution in [1.82, 2.24) is 4.90 Å². The van der Waals surface area contributed by atoms with Crippen LogP contribution in [-0.4, -0.2) is 50.8 Å². The molecule has 0 atom stereocenters. The van der Waals surface area contributed by atoms with Crippen LogP contribution in [0.3, 0.4) is 0 Å². The quantitative estimate of drug-likeness (QED) is 0.606. The maximum absolute atomic E-state index is 12.4. The largest absolute Gasteiger partial charge is 0.450 e. The van der Waals surface area contributed by atoms with Crippen molar-refractivity contribution in [2.45, 2.75) is 18.9 Å². The summed E-state index contributed by atoms with van der Waals surface area (Å²) in [5.74, 6) is -2.25. The summed E-state index contributed by atoms with van der Waals surface area (Å²) in [7, 11) is -4.09. The molecule has 11 heteroatoms. The molecule has 0 aliphatic heterocycles. The monoisotopic (exact) mass is 423 g/mol. The van der Waals surface area contributed by atoms with Crippen molar-refractivity contribution in [3.63, 3.8) is 0 Å².